The Kier molecular flexibility index (Phi) is 3.34. The van der Waals surface area contributed by atoms with Gasteiger partial charge in [-0.15, -0.1) is 0 Å². The molecule has 20 heavy (non-hydrogen) atoms. The lowest BCUT2D eigenvalue weighted by molar-refractivity contribution is -0.137. The van der Waals surface area contributed by atoms with E-state index in [-0.39, 0.29) is 30.3 Å². The van der Waals surface area contributed by atoms with Crippen molar-refractivity contribution >= 4 is 11.8 Å². The monoisotopic (exact) mass is 272 g/mol. The Morgan fingerprint density at radius 1 is 1.10 bits per heavy atom. The fraction of sp³-hybridized carbons (Fsp3) is 0.500. The Morgan fingerprint density at radius 3 is 2.45 bits per heavy atom. The standard InChI is InChI=1S/C16H20N2O2/c1-10-7-8-13(12-6-4-3-5-11(10)12)17-14-9-15(19)18(2)16(14)20/h3-6,10,13-14,17H,7-9H2,1-2H3. The molecule has 0 spiro atoms. The summed E-state index contributed by atoms with van der Waals surface area (Å²) in [5.41, 5.74) is 2.64. The second-order valence-corrected chi connectivity index (χ2v) is 5.87. The van der Waals surface area contributed by atoms with Crippen molar-refractivity contribution < 1.29 is 9.59 Å². The number of fused-ring (bicyclic) bond motifs is 1. The Balaban J connectivity index is 1.81. The third-order valence-electron chi connectivity index (χ3n) is 4.57. The average Bonchev–Trinajstić information content (AvgIpc) is 2.70. The summed E-state index contributed by atoms with van der Waals surface area (Å²) in [6, 6.07) is 8.22. The minimum Gasteiger partial charge on any atom is -0.298 e. The highest BCUT2D eigenvalue weighted by Gasteiger charge is 2.38. The number of benzene rings is 1. The molecule has 3 rings (SSSR count). The number of hydrogen-bond acceptors (Lipinski definition) is 3. The minimum atomic E-state index is -0.362. The molecule has 1 saturated heterocycles. The molecule has 0 aromatic heterocycles. The molecule has 1 fully saturated rings. The van der Waals surface area contributed by atoms with Gasteiger partial charge in [0.2, 0.25) is 11.8 Å². The normalized spacial score (nSPS) is 29.7. The summed E-state index contributed by atoms with van der Waals surface area (Å²) >= 11 is 0. The summed E-state index contributed by atoms with van der Waals surface area (Å²) in [5.74, 6) is 0.365. The van der Waals surface area contributed by atoms with Crippen molar-refractivity contribution in [1.29, 1.82) is 0 Å². The molecule has 4 heteroatoms. The molecular weight excluding hydrogens is 252 g/mol. The maximum atomic E-state index is 12.0. The predicted octanol–water partition coefficient (Wildman–Crippen LogP) is 1.97. The molecule has 1 heterocycles. The number of amides is 2. The fourth-order valence-corrected chi connectivity index (χ4v) is 3.31. The van der Waals surface area contributed by atoms with Gasteiger partial charge in [-0.05, 0) is 29.9 Å². The highest BCUT2D eigenvalue weighted by atomic mass is 16.2. The SMILES string of the molecule is CC1CCC(NC2CC(=O)N(C)C2=O)c2ccccc21. The number of hydrogen-bond donors (Lipinski definition) is 1. The molecule has 0 radical (unpaired) electrons. The number of nitrogens with zero attached hydrogens (tertiary/aromatic N) is 1. The van der Waals surface area contributed by atoms with E-state index in [4.69, 9.17) is 0 Å². The van der Waals surface area contributed by atoms with E-state index >= 15 is 0 Å². The summed E-state index contributed by atoms with van der Waals surface area (Å²) in [6.07, 6.45) is 2.41. The summed E-state index contributed by atoms with van der Waals surface area (Å²) in [6.45, 7) is 2.24. The molecule has 2 amide bonds. The molecule has 3 atom stereocenters. The van der Waals surface area contributed by atoms with E-state index in [9.17, 15) is 9.59 Å². The zero-order valence-electron chi connectivity index (χ0n) is 11.9. The first-order valence-electron chi connectivity index (χ1n) is 7.23. The van der Waals surface area contributed by atoms with Crippen LogP contribution in [-0.2, 0) is 9.59 Å². The first-order chi connectivity index (χ1) is 9.58. The molecule has 2 aliphatic rings. The van der Waals surface area contributed by atoms with Gasteiger partial charge in [-0.1, -0.05) is 31.2 Å². The van der Waals surface area contributed by atoms with Gasteiger partial charge in [0, 0.05) is 13.1 Å². The van der Waals surface area contributed by atoms with E-state index in [1.807, 2.05) is 6.07 Å². The third kappa shape index (κ3) is 2.14. The number of nitrogens with one attached hydrogen (secondary N) is 1. The molecule has 0 bridgehead atoms. The highest BCUT2D eigenvalue weighted by Crippen LogP contribution is 2.37. The minimum absolute atomic E-state index is 0.0926. The van der Waals surface area contributed by atoms with Gasteiger partial charge in [-0.2, -0.15) is 0 Å². The maximum absolute atomic E-state index is 12.0. The van der Waals surface area contributed by atoms with E-state index in [1.165, 1.54) is 16.0 Å². The molecular formula is C16H20N2O2. The lowest BCUT2D eigenvalue weighted by Crippen LogP contribution is -2.40. The van der Waals surface area contributed by atoms with Crippen LogP contribution in [0.5, 0.6) is 0 Å². The summed E-state index contributed by atoms with van der Waals surface area (Å²) in [7, 11) is 1.56. The van der Waals surface area contributed by atoms with Crippen LogP contribution < -0.4 is 5.32 Å². The van der Waals surface area contributed by atoms with Gasteiger partial charge in [0.25, 0.3) is 0 Å². The molecule has 1 aromatic carbocycles. The van der Waals surface area contributed by atoms with Crippen LogP contribution in [-0.4, -0.2) is 29.8 Å². The number of imide groups is 1. The molecule has 1 aliphatic carbocycles. The lowest BCUT2D eigenvalue weighted by Gasteiger charge is -2.31. The summed E-state index contributed by atoms with van der Waals surface area (Å²) in [5, 5.41) is 3.39. The quantitative estimate of drug-likeness (QED) is 0.837. The van der Waals surface area contributed by atoms with Crippen LogP contribution in [0.1, 0.15) is 49.3 Å². The average molecular weight is 272 g/mol. The van der Waals surface area contributed by atoms with Crippen LogP contribution in [0.25, 0.3) is 0 Å². The van der Waals surface area contributed by atoms with E-state index in [1.54, 1.807) is 7.05 Å². The number of carbonyl (C=O) groups is 2. The van der Waals surface area contributed by atoms with Gasteiger partial charge >= 0.3 is 0 Å². The largest absolute Gasteiger partial charge is 0.298 e. The number of likely N-dealkylation sites (N-methyl/N-ethyl adjacent to an activating group) is 1. The highest BCUT2D eigenvalue weighted by molar-refractivity contribution is 6.05. The van der Waals surface area contributed by atoms with Crippen molar-refractivity contribution in [2.75, 3.05) is 7.05 Å². The Labute approximate surface area is 119 Å². The summed E-state index contributed by atoms with van der Waals surface area (Å²) in [4.78, 5) is 24.8. The van der Waals surface area contributed by atoms with Crippen molar-refractivity contribution in [3.63, 3.8) is 0 Å². The Morgan fingerprint density at radius 2 is 1.80 bits per heavy atom. The molecule has 1 aromatic rings. The van der Waals surface area contributed by atoms with Crippen LogP contribution in [0.3, 0.4) is 0 Å². The van der Waals surface area contributed by atoms with Crippen molar-refractivity contribution in [2.45, 2.75) is 44.2 Å². The van der Waals surface area contributed by atoms with Crippen LogP contribution in [0.4, 0.5) is 0 Å². The van der Waals surface area contributed by atoms with Crippen LogP contribution in [0.2, 0.25) is 0 Å². The molecule has 4 nitrogen and oxygen atoms in total. The Bertz CT molecular complexity index is 555. The fourth-order valence-electron chi connectivity index (χ4n) is 3.31. The van der Waals surface area contributed by atoms with E-state index in [0.29, 0.717) is 5.92 Å². The summed E-state index contributed by atoms with van der Waals surface area (Å²) < 4.78 is 0. The lowest BCUT2D eigenvalue weighted by atomic mass is 9.81. The predicted molar refractivity (Wildman–Crippen MR) is 76.1 cm³/mol. The van der Waals surface area contributed by atoms with Crippen molar-refractivity contribution in [1.82, 2.24) is 10.2 Å². The smallest absolute Gasteiger partial charge is 0.246 e. The van der Waals surface area contributed by atoms with Crippen LogP contribution in [0, 0.1) is 0 Å². The van der Waals surface area contributed by atoms with Gasteiger partial charge in [0.1, 0.15) is 0 Å². The van der Waals surface area contributed by atoms with Crippen molar-refractivity contribution in [3.8, 4) is 0 Å². The Hall–Kier alpha value is -1.68. The van der Waals surface area contributed by atoms with Gasteiger partial charge in [-0.3, -0.25) is 19.8 Å². The van der Waals surface area contributed by atoms with Gasteiger partial charge in [0.15, 0.2) is 0 Å². The second-order valence-electron chi connectivity index (χ2n) is 5.87. The molecule has 1 aliphatic heterocycles. The van der Waals surface area contributed by atoms with Crippen LogP contribution >= 0.6 is 0 Å². The molecule has 1 N–H and O–H groups in total. The first-order valence-corrected chi connectivity index (χ1v) is 7.23. The van der Waals surface area contributed by atoms with Crippen molar-refractivity contribution in [2.24, 2.45) is 0 Å². The third-order valence-corrected chi connectivity index (χ3v) is 4.57. The zero-order valence-corrected chi connectivity index (χ0v) is 11.9. The van der Waals surface area contributed by atoms with Gasteiger partial charge in [-0.25, -0.2) is 0 Å². The van der Waals surface area contributed by atoms with Gasteiger partial charge in [0.05, 0.1) is 12.5 Å². The second kappa shape index (κ2) is 5.02. The number of rotatable bonds is 2. The van der Waals surface area contributed by atoms with Crippen LogP contribution in [0.15, 0.2) is 24.3 Å². The number of likely N-dealkylation sites (tertiary alicyclic amines) is 1. The number of carbonyl (C=O) groups excluding carboxylic acids is 2. The molecule has 3 unspecified atom stereocenters. The molecule has 106 valence electrons. The van der Waals surface area contributed by atoms with E-state index < -0.39 is 0 Å². The topological polar surface area (TPSA) is 49.4 Å². The maximum Gasteiger partial charge on any atom is 0.246 e. The zero-order chi connectivity index (χ0) is 14.3. The van der Waals surface area contributed by atoms with Crippen molar-refractivity contribution in [3.05, 3.63) is 35.4 Å². The van der Waals surface area contributed by atoms with Gasteiger partial charge < -0.3 is 0 Å². The molecule has 0 saturated carbocycles. The first kappa shape index (κ1) is 13.3. The van der Waals surface area contributed by atoms with E-state index in [2.05, 4.69) is 30.4 Å². The van der Waals surface area contributed by atoms with E-state index in [0.717, 1.165) is 12.8 Å².